The number of hydrogen-bond acceptors (Lipinski definition) is 2. The van der Waals surface area contributed by atoms with E-state index in [1.807, 2.05) is 31.2 Å². The molecule has 0 saturated carbocycles. The highest BCUT2D eigenvalue weighted by molar-refractivity contribution is 5.31. The maximum Gasteiger partial charge on any atom is 0.293 e. The molecule has 0 aliphatic heterocycles. The van der Waals surface area contributed by atoms with Crippen LogP contribution in [-0.4, -0.2) is 15.5 Å². The Labute approximate surface area is 69.8 Å². The lowest BCUT2D eigenvalue weighted by Crippen LogP contribution is -2.32. The zero-order chi connectivity index (χ0) is 8.39. The van der Waals surface area contributed by atoms with Crippen LogP contribution in [0.4, 0.5) is 0 Å². The maximum absolute atomic E-state index is 3.70. The molecule has 4 nitrogen and oxygen atoms in total. The molecule has 0 amide bonds. The molecule has 1 N–H and O–H groups in total. The van der Waals surface area contributed by atoms with Gasteiger partial charge in [0.05, 0.1) is 0 Å². The van der Waals surface area contributed by atoms with Crippen molar-refractivity contribution in [2.45, 2.75) is 6.92 Å². The Morgan fingerprint density at radius 3 is 2.83 bits per heavy atom. The molecule has 0 bridgehead atoms. The van der Waals surface area contributed by atoms with Crippen LogP contribution in [0.3, 0.4) is 0 Å². The first-order valence-corrected chi connectivity index (χ1v) is 3.71. The van der Waals surface area contributed by atoms with Gasteiger partial charge in [0.2, 0.25) is 0 Å². The molecule has 0 saturated heterocycles. The van der Waals surface area contributed by atoms with E-state index in [1.54, 1.807) is 11.0 Å². The van der Waals surface area contributed by atoms with Crippen LogP contribution in [0, 0.1) is 6.92 Å². The first kappa shape index (κ1) is 6.97. The van der Waals surface area contributed by atoms with Gasteiger partial charge in [-0.05, 0) is 18.6 Å². The van der Waals surface area contributed by atoms with Gasteiger partial charge in [0.1, 0.15) is 10.8 Å². The minimum Gasteiger partial charge on any atom is -0.129 e. The second-order valence-electron chi connectivity index (χ2n) is 2.59. The summed E-state index contributed by atoms with van der Waals surface area (Å²) in [6.45, 7) is 2.04. The Bertz CT molecular complexity index is 366. The van der Waals surface area contributed by atoms with Crippen LogP contribution in [0.25, 0.3) is 5.69 Å². The fourth-order valence-corrected chi connectivity index (χ4v) is 1.13. The van der Waals surface area contributed by atoms with E-state index in [0.29, 0.717) is 0 Å². The molecule has 0 atom stereocenters. The Morgan fingerprint density at radius 1 is 1.33 bits per heavy atom. The first-order chi connectivity index (χ1) is 5.88. The van der Waals surface area contributed by atoms with Crippen LogP contribution in [0.15, 0.2) is 30.6 Å². The number of aromatic nitrogens is 4. The fourth-order valence-electron chi connectivity index (χ4n) is 1.13. The number of benzene rings is 1. The monoisotopic (exact) mass is 161 g/mol. The summed E-state index contributed by atoms with van der Waals surface area (Å²) in [6.07, 6.45) is 1.64. The Hall–Kier alpha value is -1.71. The van der Waals surface area contributed by atoms with Crippen molar-refractivity contribution in [3.05, 3.63) is 36.2 Å². The van der Waals surface area contributed by atoms with Crippen LogP contribution < -0.4 is 4.68 Å². The van der Waals surface area contributed by atoms with Gasteiger partial charge in [0.25, 0.3) is 6.33 Å². The van der Waals surface area contributed by atoms with E-state index in [9.17, 15) is 0 Å². The predicted molar refractivity (Wildman–Crippen MR) is 42.7 cm³/mol. The van der Waals surface area contributed by atoms with Crippen LogP contribution in [0.1, 0.15) is 5.56 Å². The van der Waals surface area contributed by atoms with E-state index in [4.69, 9.17) is 0 Å². The number of rotatable bonds is 1. The fraction of sp³-hybridized carbons (Fsp3) is 0.125. The van der Waals surface area contributed by atoms with Gasteiger partial charge >= 0.3 is 0 Å². The van der Waals surface area contributed by atoms with E-state index in [2.05, 4.69) is 15.5 Å². The maximum atomic E-state index is 3.70. The molecular weight excluding hydrogens is 152 g/mol. The third-order valence-electron chi connectivity index (χ3n) is 1.75. The summed E-state index contributed by atoms with van der Waals surface area (Å²) in [6, 6.07) is 8.04. The molecule has 60 valence electrons. The molecule has 2 aromatic rings. The summed E-state index contributed by atoms with van der Waals surface area (Å²) < 4.78 is 1.77. The van der Waals surface area contributed by atoms with E-state index in [-0.39, 0.29) is 0 Å². The quantitative estimate of drug-likeness (QED) is 0.615. The number of nitrogens with one attached hydrogen (secondary N) is 1. The highest BCUT2D eigenvalue weighted by atomic mass is 15.5. The zero-order valence-corrected chi connectivity index (χ0v) is 6.73. The van der Waals surface area contributed by atoms with Crippen molar-refractivity contribution in [2.24, 2.45) is 0 Å². The van der Waals surface area contributed by atoms with Gasteiger partial charge in [0.15, 0.2) is 5.21 Å². The summed E-state index contributed by atoms with van der Waals surface area (Å²) in [5.41, 5.74) is 2.26. The average molecular weight is 161 g/mol. The summed E-state index contributed by atoms with van der Waals surface area (Å²) in [7, 11) is 0. The lowest BCUT2D eigenvalue weighted by molar-refractivity contribution is -0.660. The van der Waals surface area contributed by atoms with Crippen molar-refractivity contribution < 1.29 is 4.68 Å². The van der Waals surface area contributed by atoms with E-state index >= 15 is 0 Å². The van der Waals surface area contributed by atoms with Crippen molar-refractivity contribution >= 4 is 0 Å². The standard InChI is InChI=1S/C8H8N4/c1-7-4-2-3-5-8(7)12-6-9-10-11-12/h2-6H,1H3/p+1. The number of aromatic amines is 1. The van der Waals surface area contributed by atoms with Crippen molar-refractivity contribution in [3.8, 4) is 5.69 Å². The molecule has 1 heterocycles. The number of hydrogen-bond donors (Lipinski definition) is 1. The second kappa shape index (κ2) is 2.73. The lowest BCUT2D eigenvalue weighted by Gasteiger charge is -1.97. The predicted octanol–water partition coefficient (Wildman–Crippen LogP) is 0.390. The zero-order valence-electron chi connectivity index (χ0n) is 6.73. The number of nitrogens with zero attached hydrogens (tertiary/aromatic N) is 3. The number of H-pyrrole nitrogens is 1. The van der Waals surface area contributed by atoms with Crippen molar-refractivity contribution in [1.82, 2.24) is 15.5 Å². The van der Waals surface area contributed by atoms with Gasteiger partial charge in [-0.15, -0.1) is 4.68 Å². The van der Waals surface area contributed by atoms with Crippen molar-refractivity contribution in [2.75, 3.05) is 0 Å². The molecule has 0 radical (unpaired) electrons. The molecule has 0 unspecified atom stereocenters. The summed E-state index contributed by atoms with van der Waals surface area (Å²) >= 11 is 0. The van der Waals surface area contributed by atoms with Gasteiger partial charge in [-0.1, -0.05) is 23.4 Å². The second-order valence-corrected chi connectivity index (χ2v) is 2.59. The van der Waals surface area contributed by atoms with Crippen LogP contribution in [0.5, 0.6) is 0 Å². The van der Waals surface area contributed by atoms with Crippen molar-refractivity contribution in [1.29, 1.82) is 0 Å². The molecule has 2 rings (SSSR count). The molecule has 1 aromatic carbocycles. The number of para-hydroxylation sites is 1. The normalized spacial score (nSPS) is 10.1. The SMILES string of the molecule is Cc1ccccc1-[n+]1cnn[nH]1. The highest BCUT2D eigenvalue weighted by Gasteiger charge is 2.04. The molecule has 0 aliphatic carbocycles. The Balaban J connectivity index is 2.55. The van der Waals surface area contributed by atoms with Crippen molar-refractivity contribution in [3.63, 3.8) is 0 Å². The first-order valence-electron chi connectivity index (χ1n) is 3.71. The topological polar surface area (TPSA) is 45.5 Å². The third-order valence-corrected chi connectivity index (χ3v) is 1.75. The summed E-state index contributed by atoms with van der Waals surface area (Å²) in [5.74, 6) is 0. The third kappa shape index (κ3) is 1.07. The molecule has 0 aliphatic rings. The highest BCUT2D eigenvalue weighted by Crippen LogP contribution is 2.04. The summed E-state index contributed by atoms with van der Waals surface area (Å²) in [5, 5.41) is 10.1. The van der Waals surface area contributed by atoms with E-state index < -0.39 is 0 Å². The number of aryl methyl sites for hydroxylation is 1. The minimum atomic E-state index is 1.07. The van der Waals surface area contributed by atoms with Gasteiger partial charge < -0.3 is 0 Å². The molecule has 4 heteroatoms. The smallest absolute Gasteiger partial charge is 0.129 e. The van der Waals surface area contributed by atoms with Crippen LogP contribution in [0.2, 0.25) is 0 Å². The number of tetrazole rings is 1. The molecule has 0 fully saturated rings. The van der Waals surface area contributed by atoms with Gasteiger partial charge in [0, 0.05) is 0 Å². The Morgan fingerprint density at radius 2 is 2.17 bits per heavy atom. The minimum absolute atomic E-state index is 1.07. The summed E-state index contributed by atoms with van der Waals surface area (Å²) in [4.78, 5) is 0. The molecule has 12 heavy (non-hydrogen) atoms. The molecule has 1 aromatic heterocycles. The largest absolute Gasteiger partial charge is 0.293 e. The van der Waals surface area contributed by atoms with E-state index in [1.165, 1.54) is 5.56 Å². The van der Waals surface area contributed by atoms with Crippen LogP contribution >= 0.6 is 0 Å². The van der Waals surface area contributed by atoms with E-state index in [0.717, 1.165) is 5.69 Å². The van der Waals surface area contributed by atoms with Gasteiger partial charge in [-0.3, -0.25) is 0 Å². The molecule has 0 spiro atoms. The Kier molecular flexibility index (Phi) is 1.59. The average Bonchev–Trinajstić information content (AvgIpc) is 2.57. The lowest BCUT2D eigenvalue weighted by atomic mass is 10.2. The molecular formula is C8H9N4+. The van der Waals surface area contributed by atoms with Crippen LogP contribution in [-0.2, 0) is 0 Å². The van der Waals surface area contributed by atoms with Gasteiger partial charge in [-0.2, -0.15) is 0 Å². The van der Waals surface area contributed by atoms with Gasteiger partial charge in [-0.25, -0.2) is 0 Å².